The fourth-order valence-corrected chi connectivity index (χ4v) is 2.97. The Balaban J connectivity index is 1.73. The second-order valence-electron chi connectivity index (χ2n) is 7.89. The van der Waals surface area contributed by atoms with Gasteiger partial charge in [-0.25, -0.2) is 14.8 Å². The van der Waals surface area contributed by atoms with Gasteiger partial charge in [0, 0.05) is 19.2 Å². The lowest BCUT2D eigenvalue weighted by Crippen LogP contribution is -2.32. The molecule has 0 fully saturated rings. The zero-order chi connectivity index (χ0) is 21.9. The predicted octanol–water partition coefficient (Wildman–Crippen LogP) is 2.97. The molecule has 0 atom stereocenters. The fraction of sp³-hybridized carbons (Fsp3) is 0.333. The molecule has 9 nitrogen and oxygen atoms in total. The van der Waals surface area contributed by atoms with Crippen molar-refractivity contribution >= 4 is 22.8 Å². The van der Waals surface area contributed by atoms with Crippen LogP contribution in [0.25, 0.3) is 11.0 Å². The molecule has 0 aliphatic carbocycles. The summed E-state index contributed by atoms with van der Waals surface area (Å²) in [6.45, 7) is 7.97. The molecule has 0 spiro atoms. The molecule has 9 heteroatoms. The molecule has 0 aliphatic heterocycles. The number of amides is 1. The maximum atomic E-state index is 12.0. The Morgan fingerprint density at radius 1 is 1.17 bits per heavy atom. The first-order valence-corrected chi connectivity index (χ1v) is 9.49. The van der Waals surface area contributed by atoms with Gasteiger partial charge < -0.3 is 20.6 Å². The van der Waals surface area contributed by atoms with Crippen LogP contribution in [0.5, 0.6) is 0 Å². The number of hydrogen-bond donors (Lipinski definition) is 3. The molecule has 1 amide bonds. The van der Waals surface area contributed by atoms with Crippen LogP contribution in [-0.2, 0) is 17.8 Å². The van der Waals surface area contributed by atoms with E-state index in [0.717, 1.165) is 11.1 Å². The molecule has 158 valence electrons. The quantitative estimate of drug-likeness (QED) is 0.552. The minimum atomic E-state index is -0.585. The van der Waals surface area contributed by atoms with Crippen LogP contribution < -0.4 is 16.2 Å². The van der Waals surface area contributed by atoms with Crippen LogP contribution >= 0.6 is 0 Å². The van der Waals surface area contributed by atoms with Crippen LogP contribution in [0.15, 0.2) is 41.5 Å². The predicted molar refractivity (Wildman–Crippen MR) is 113 cm³/mol. The molecule has 2 aromatic heterocycles. The van der Waals surface area contributed by atoms with E-state index < -0.39 is 17.3 Å². The summed E-state index contributed by atoms with van der Waals surface area (Å²) in [6, 6.07) is 8.99. The molecule has 3 aromatic rings. The summed E-state index contributed by atoms with van der Waals surface area (Å²) >= 11 is 0. The lowest BCUT2D eigenvalue weighted by molar-refractivity contribution is 0.0523. The zero-order valence-electron chi connectivity index (χ0n) is 17.4. The highest BCUT2D eigenvalue weighted by Crippen LogP contribution is 2.22. The second kappa shape index (κ2) is 8.40. The summed E-state index contributed by atoms with van der Waals surface area (Å²) < 4.78 is 5.75. The standard InChI is InChI=1S/C21H25N5O4/c1-13-18-16(9-17(27)26(29)19(18)25-12-24-13)22-10-14-6-5-7-15(8-14)11-23-20(28)30-21(2,3)4/h5-9,12,22,29H,10-11H2,1-4H3,(H,23,28). The average molecular weight is 411 g/mol. The largest absolute Gasteiger partial charge is 0.444 e. The maximum absolute atomic E-state index is 12.0. The lowest BCUT2D eigenvalue weighted by Gasteiger charge is -2.19. The van der Waals surface area contributed by atoms with E-state index in [2.05, 4.69) is 20.6 Å². The third kappa shape index (κ3) is 5.05. The molecular weight excluding hydrogens is 386 g/mol. The molecule has 3 N–H and O–H groups in total. The molecule has 0 unspecified atom stereocenters. The molecule has 0 saturated heterocycles. The molecule has 0 bridgehead atoms. The Morgan fingerprint density at radius 3 is 2.57 bits per heavy atom. The molecule has 30 heavy (non-hydrogen) atoms. The van der Waals surface area contributed by atoms with Crippen molar-refractivity contribution in [2.24, 2.45) is 0 Å². The van der Waals surface area contributed by atoms with Gasteiger partial charge in [0.2, 0.25) is 0 Å². The Hall–Kier alpha value is -3.62. The molecule has 3 rings (SSSR count). The van der Waals surface area contributed by atoms with Gasteiger partial charge in [0.25, 0.3) is 5.56 Å². The summed E-state index contributed by atoms with van der Waals surface area (Å²) in [6.07, 6.45) is 0.826. The van der Waals surface area contributed by atoms with E-state index in [1.807, 2.05) is 45.0 Å². The van der Waals surface area contributed by atoms with Crippen LogP contribution in [0.1, 0.15) is 37.6 Å². The topological polar surface area (TPSA) is 118 Å². The maximum Gasteiger partial charge on any atom is 0.407 e. The first-order chi connectivity index (χ1) is 14.1. The third-order valence-corrected chi connectivity index (χ3v) is 4.27. The fourth-order valence-electron chi connectivity index (χ4n) is 2.97. The van der Waals surface area contributed by atoms with E-state index in [9.17, 15) is 14.8 Å². The van der Waals surface area contributed by atoms with Gasteiger partial charge in [0.05, 0.1) is 16.8 Å². The molecule has 2 heterocycles. The van der Waals surface area contributed by atoms with Gasteiger partial charge in [0.1, 0.15) is 11.9 Å². The van der Waals surface area contributed by atoms with E-state index in [0.29, 0.717) is 34.6 Å². The first-order valence-electron chi connectivity index (χ1n) is 9.49. The van der Waals surface area contributed by atoms with Gasteiger partial charge in [-0.3, -0.25) is 4.79 Å². The van der Waals surface area contributed by atoms with Crippen LogP contribution in [0.2, 0.25) is 0 Å². The van der Waals surface area contributed by atoms with Crippen LogP contribution in [0.3, 0.4) is 0 Å². The molecular formula is C21H25N5O4. The first kappa shape index (κ1) is 21.1. The van der Waals surface area contributed by atoms with Crippen molar-refractivity contribution in [2.75, 3.05) is 5.32 Å². The number of pyridine rings is 1. The number of rotatable bonds is 5. The van der Waals surface area contributed by atoms with E-state index in [1.54, 1.807) is 6.92 Å². The van der Waals surface area contributed by atoms with Crippen molar-refractivity contribution in [1.29, 1.82) is 0 Å². The number of benzene rings is 1. The number of carbonyl (C=O) groups is 1. The van der Waals surface area contributed by atoms with E-state index in [-0.39, 0.29) is 5.65 Å². The number of nitrogens with zero attached hydrogens (tertiary/aromatic N) is 3. The van der Waals surface area contributed by atoms with E-state index in [4.69, 9.17) is 4.74 Å². The number of aromatic nitrogens is 3. The van der Waals surface area contributed by atoms with Gasteiger partial charge in [-0.05, 0) is 38.8 Å². The summed E-state index contributed by atoms with van der Waals surface area (Å²) in [5.74, 6) is 0. The number of fused-ring (bicyclic) bond motifs is 1. The number of ether oxygens (including phenoxy) is 1. The van der Waals surface area contributed by atoms with Gasteiger partial charge in [-0.2, -0.15) is 0 Å². The summed E-state index contributed by atoms with van der Waals surface area (Å²) in [7, 11) is 0. The van der Waals surface area contributed by atoms with Crippen molar-refractivity contribution in [3.05, 3.63) is 63.8 Å². The third-order valence-electron chi connectivity index (χ3n) is 4.27. The highest BCUT2D eigenvalue weighted by Gasteiger charge is 2.16. The van der Waals surface area contributed by atoms with Crippen molar-refractivity contribution < 1.29 is 14.7 Å². The normalized spacial score (nSPS) is 11.3. The highest BCUT2D eigenvalue weighted by molar-refractivity contribution is 5.90. The number of carbonyl (C=O) groups excluding carboxylic acids is 1. The van der Waals surface area contributed by atoms with Crippen LogP contribution in [0, 0.1) is 6.92 Å². The Morgan fingerprint density at radius 2 is 1.87 bits per heavy atom. The molecule has 0 radical (unpaired) electrons. The van der Waals surface area contributed by atoms with Crippen molar-refractivity contribution in [3.8, 4) is 0 Å². The molecule has 0 aliphatic rings. The molecule has 1 aromatic carbocycles. The Bertz CT molecular complexity index is 1130. The van der Waals surface area contributed by atoms with E-state index >= 15 is 0 Å². The minimum Gasteiger partial charge on any atom is -0.444 e. The number of aryl methyl sites for hydroxylation is 1. The average Bonchev–Trinajstić information content (AvgIpc) is 2.67. The van der Waals surface area contributed by atoms with Crippen LogP contribution in [-0.4, -0.2) is 31.6 Å². The second-order valence-corrected chi connectivity index (χ2v) is 7.89. The Labute approximate surface area is 173 Å². The van der Waals surface area contributed by atoms with Gasteiger partial charge >= 0.3 is 6.09 Å². The Kier molecular flexibility index (Phi) is 5.91. The van der Waals surface area contributed by atoms with Crippen LogP contribution in [0.4, 0.5) is 10.5 Å². The highest BCUT2D eigenvalue weighted by atomic mass is 16.6. The van der Waals surface area contributed by atoms with Crippen molar-refractivity contribution in [1.82, 2.24) is 20.0 Å². The van der Waals surface area contributed by atoms with Gasteiger partial charge in [-0.1, -0.05) is 24.3 Å². The van der Waals surface area contributed by atoms with Gasteiger partial charge in [0.15, 0.2) is 5.65 Å². The number of anilines is 1. The number of nitrogens with one attached hydrogen (secondary N) is 2. The monoisotopic (exact) mass is 411 g/mol. The number of hydrogen-bond acceptors (Lipinski definition) is 7. The SMILES string of the molecule is Cc1ncnc2c1c(NCc1cccc(CNC(=O)OC(C)(C)C)c1)cc(=O)n2O. The minimum absolute atomic E-state index is 0.146. The van der Waals surface area contributed by atoms with Gasteiger partial charge in [-0.15, -0.1) is 4.73 Å². The lowest BCUT2D eigenvalue weighted by atomic mass is 10.1. The smallest absolute Gasteiger partial charge is 0.407 e. The number of alkyl carbamates (subject to hydrolysis) is 1. The molecule has 0 saturated carbocycles. The summed E-state index contributed by atoms with van der Waals surface area (Å²) in [5, 5.41) is 16.5. The van der Waals surface area contributed by atoms with Crippen molar-refractivity contribution in [2.45, 2.75) is 46.4 Å². The van der Waals surface area contributed by atoms with Crippen molar-refractivity contribution in [3.63, 3.8) is 0 Å². The van der Waals surface area contributed by atoms with E-state index in [1.165, 1.54) is 12.4 Å². The summed E-state index contributed by atoms with van der Waals surface area (Å²) in [4.78, 5) is 32.0. The summed E-state index contributed by atoms with van der Waals surface area (Å²) in [5.41, 5.74) is 2.05. The zero-order valence-corrected chi connectivity index (χ0v) is 17.4.